The first-order valence-electron chi connectivity index (χ1n) is 6.07. The number of hydrogen-bond acceptors (Lipinski definition) is 4. The SMILES string of the molecule is [CH]C(=O)NC(C)CCN(C)C(=O)C(C)(C)OC(C)=O. The predicted molar refractivity (Wildman–Crippen MR) is 70.0 cm³/mol. The molecule has 1 atom stereocenters. The van der Waals surface area contributed by atoms with Gasteiger partial charge in [-0.25, -0.2) is 0 Å². The Morgan fingerprint density at radius 3 is 2.32 bits per heavy atom. The highest BCUT2D eigenvalue weighted by molar-refractivity contribution is 5.86. The molecule has 2 amide bonds. The van der Waals surface area contributed by atoms with Crippen molar-refractivity contribution in [3.63, 3.8) is 0 Å². The third-order valence-corrected chi connectivity index (χ3v) is 2.55. The Labute approximate surface area is 114 Å². The number of hydrogen-bond donors (Lipinski definition) is 1. The van der Waals surface area contributed by atoms with Crippen molar-refractivity contribution in [3.05, 3.63) is 6.92 Å². The maximum absolute atomic E-state index is 12.1. The fraction of sp³-hybridized carbons (Fsp3) is 0.692. The van der Waals surface area contributed by atoms with Crippen molar-refractivity contribution in [3.8, 4) is 0 Å². The molecule has 0 fully saturated rings. The minimum absolute atomic E-state index is 0.135. The number of amides is 2. The van der Waals surface area contributed by atoms with E-state index >= 15 is 0 Å². The minimum Gasteiger partial charge on any atom is -0.450 e. The smallest absolute Gasteiger partial charge is 0.303 e. The number of nitrogens with zero attached hydrogens (tertiary/aromatic N) is 1. The van der Waals surface area contributed by atoms with Gasteiger partial charge in [-0.1, -0.05) is 0 Å². The molecule has 0 aromatic rings. The summed E-state index contributed by atoms with van der Waals surface area (Å²) in [6.45, 7) is 11.5. The average Bonchev–Trinajstić information content (AvgIpc) is 2.22. The van der Waals surface area contributed by atoms with Crippen molar-refractivity contribution in [2.75, 3.05) is 13.6 Å². The normalized spacial score (nSPS) is 12.5. The van der Waals surface area contributed by atoms with Gasteiger partial charge in [-0.05, 0) is 27.2 Å². The van der Waals surface area contributed by atoms with Gasteiger partial charge in [0.05, 0.1) is 6.92 Å². The van der Waals surface area contributed by atoms with Crippen LogP contribution >= 0.6 is 0 Å². The molecule has 108 valence electrons. The number of carbonyl (C=O) groups excluding carboxylic acids is 3. The lowest BCUT2D eigenvalue weighted by atomic mass is 10.1. The van der Waals surface area contributed by atoms with E-state index in [4.69, 9.17) is 11.7 Å². The standard InChI is InChI=1S/C13H22N2O4/c1-9(14-10(2)16)7-8-15(6)12(18)13(4,5)19-11(3)17/h2,9H,7-8H2,1,3-6H3,(H,14,16). The van der Waals surface area contributed by atoms with E-state index in [0.717, 1.165) is 0 Å². The van der Waals surface area contributed by atoms with Gasteiger partial charge in [0.15, 0.2) is 5.60 Å². The van der Waals surface area contributed by atoms with E-state index < -0.39 is 17.5 Å². The molecular formula is C13H22N2O4. The summed E-state index contributed by atoms with van der Waals surface area (Å²) in [7, 11) is 1.62. The number of esters is 1. The Morgan fingerprint density at radius 1 is 1.37 bits per heavy atom. The lowest BCUT2D eigenvalue weighted by Gasteiger charge is -2.29. The highest BCUT2D eigenvalue weighted by atomic mass is 16.6. The Balaban J connectivity index is 4.34. The van der Waals surface area contributed by atoms with Gasteiger partial charge in [0.2, 0.25) is 5.91 Å². The number of carbonyl (C=O) groups is 3. The average molecular weight is 270 g/mol. The van der Waals surface area contributed by atoms with Crippen LogP contribution in [0.5, 0.6) is 0 Å². The summed E-state index contributed by atoms with van der Waals surface area (Å²) in [4.78, 5) is 35.1. The first kappa shape index (κ1) is 17.4. The summed E-state index contributed by atoms with van der Waals surface area (Å²) in [6, 6.07) is -0.135. The van der Waals surface area contributed by atoms with Crippen molar-refractivity contribution < 1.29 is 19.1 Å². The number of ether oxygens (including phenoxy) is 1. The zero-order valence-corrected chi connectivity index (χ0v) is 12.1. The molecule has 6 heteroatoms. The molecule has 0 aliphatic rings. The third-order valence-electron chi connectivity index (χ3n) is 2.55. The van der Waals surface area contributed by atoms with E-state index in [9.17, 15) is 14.4 Å². The van der Waals surface area contributed by atoms with Gasteiger partial charge in [-0.3, -0.25) is 14.4 Å². The van der Waals surface area contributed by atoms with Crippen LogP contribution in [0, 0.1) is 6.92 Å². The topological polar surface area (TPSA) is 75.7 Å². The van der Waals surface area contributed by atoms with Crippen molar-refractivity contribution in [1.82, 2.24) is 10.2 Å². The van der Waals surface area contributed by atoms with E-state index in [-0.39, 0.29) is 11.9 Å². The molecule has 0 bridgehead atoms. The van der Waals surface area contributed by atoms with Crippen LogP contribution in [0.4, 0.5) is 0 Å². The Hall–Kier alpha value is -1.59. The maximum atomic E-state index is 12.1. The van der Waals surface area contributed by atoms with Crippen LogP contribution in [0.3, 0.4) is 0 Å². The van der Waals surface area contributed by atoms with E-state index in [0.29, 0.717) is 13.0 Å². The van der Waals surface area contributed by atoms with Gasteiger partial charge >= 0.3 is 5.97 Å². The van der Waals surface area contributed by atoms with Crippen LogP contribution in [0.1, 0.15) is 34.1 Å². The molecule has 0 aromatic carbocycles. The van der Waals surface area contributed by atoms with Crippen molar-refractivity contribution in [1.29, 1.82) is 0 Å². The Bertz CT molecular complexity index is 353. The molecule has 6 nitrogen and oxygen atoms in total. The van der Waals surface area contributed by atoms with Crippen molar-refractivity contribution in [2.45, 2.75) is 45.8 Å². The van der Waals surface area contributed by atoms with Crippen molar-refractivity contribution >= 4 is 17.8 Å². The van der Waals surface area contributed by atoms with E-state index in [1.807, 2.05) is 0 Å². The molecule has 0 saturated heterocycles. The van der Waals surface area contributed by atoms with Gasteiger partial charge in [-0.15, -0.1) is 0 Å². The van der Waals surface area contributed by atoms with Crippen molar-refractivity contribution in [2.24, 2.45) is 0 Å². The van der Waals surface area contributed by atoms with E-state index in [2.05, 4.69) is 5.32 Å². The molecular weight excluding hydrogens is 248 g/mol. The second-order valence-corrected chi connectivity index (χ2v) is 5.03. The summed E-state index contributed by atoms with van der Waals surface area (Å²) < 4.78 is 4.97. The molecule has 0 heterocycles. The first-order valence-corrected chi connectivity index (χ1v) is 6.07. The minimum atomic E-state index is -1.19. The fourth-order valence-electron chi connectivity index (χ4n) is 1.67. The van der Waals surface area contributed by atoms with Gasteiger partial charge in [-0.2, -0.15) is 0 Å². The number of rotatable bonds is 6. The highest BCUT2D eigenvalue weighted by Crippen LogP contribution is 2.13. The van der Waals surface area contributed by atoms with Crippen LogP contribution in [-0.4, -0.2) is 47.9 Å². The van der Waals surface area contributed by atoms with Crippen LogP contribution in [0.2, 0.25) is 0 Å². The lowest BCUT2D eigenvalue weighted by molar-refractivity contribution is -0.167. The first-order chi connectivity index (χ1) is 8.56. The zero-order chi connectivity index (χ0) is 15.2. The van der Waals surface area contributed by atoms with Gasteiger partial charge in [0.25, 0.3) is 5.91 Å². The summed E-state index contributed by atoms with van der Waals surface area (Å²) in [5, 5.41) is 2.52. The van der Waals surface area contributed by atoms with Crippen LogP contribution in [-0.2, 0) is 19.1 Å². The van der Waals surface area contributed by atoms with Crippen LogP contribution < -0.4 is 5.32 Å². The molecule has 0 aromatic heterocycles. The highest BCUT2D eigenvalue weighted by Gasteiger charge is 2.33. The van der Waals surface area contributed by atoms with Crippen LogP contribution in [0.15, 0.2) is 0 Å². The predicted octanol–water partition coefficient (Wildman–Crippen LogP) is 0.392. The fourth-order valence-corrected chi connectivity index (χ4v) is 1.67. The Morgan fingerprint density at radius 2 is 1.89 bits per heavy atom. The molecule has 0 aliphatic carbocycles. The number of likely N-dealkylation sites (N-methyl/N-ethyl adjacent to an activating group) is 1. The molecule has 0 spiro atoms. The van der Waals surface area contributed by atoms with E-state index in [1.54, 1.807) is 27.8 Å². The molecule has 1 unspecified atom stereocenters. The largest absolute Gasteiger partial charge is 0.450 e. The molecule has 0 aliphatic heterocycles. The molecule has 0 saturated carbocycles. The van der Waals surface area contributed by atoms with Gasteiger partial charge in [0, 0.05) is 26.6 Å². The second-order valence-electron chi connectivity index (χ2n) is 5.03. The quantitative estimate of drug-likeness (QED) is 0.709. The molecule has 1 N–H and O–H groups in total. The summed E-state index contributed by atoms with van der Waals surface area (Å²) in [5.41, 5.74) is -1.19. The second kappa shape index (κ2) is 7.11. The summed E-state index contributed by atoms with van der Waals surface area (Å²) in [5.74, 6) is -1.40. The van der Waals surface area contributed by atoms with Crippen LogP contribution in [0.25, 0.3) is 0 Å². The third kappa shape index (κ3) is 6.79. The summed E-state index contributed by atoms with van der Waals surface area (Å²) in [6.07, 6.45) is 0.557. The van der Waals surface area contributed by atoms with Gasteiger partial charge in [0.1, 0.15) is 0 Å². The molecule has 0 rings (SSSR count). The monoisotopic (exact) mass is 270 g/mol. The van der Waals surface area contributed by atoms with Gasteiger partial charge < -0.3 is 15.0 Å². The lowest BCUT2D eigenvalue weighted by Crippen LogP contribution is -2.47. The Kier molecular flexibility index (Phi) is 6.52. The number of nitrogens with one attached hydrogen (secondary N) is 1. The maximum Gasteiger partial charge on any atom is 0.303 e. The zero-order valence-electron chi connectivity index (χ0n) is 12.1. The van der Waals surface area contributed by atoms with E-state index in [1.165, 1.54) is 11.8 Å². The molecule has 2 radical (unpaired) electrons. The molecule has 19 heavy (non-hydrogen) atoms. The summed E-state index contributed by atoms with van der Waals surface area (Å²) >= 11 is 0.